The molecule has 1 N–H and O–H groups in total. The maximum Gasteiger partial charge on any atom is 0.190 e. The lowest BCUT2D eigenvalue weighted by molar-refractivity contribution is 1.36. The summed E-state index contributed by atoms with van der Waals surface area (Å²) < 4.78 is 0. The number of H-pyrrole nitrogens is 1. The van der Waals surface area contributed by atoms with Crippen LogP contribution in [0.15, 0.2) is 59.4 Å². The quantitative estimate of drug-likeness (QED) is 0.688. The van der Waals surface area contributed by atoms with Crippen molar-refractivity contribution in [3.05, 3.63) is 70.4 Å². The number of hydrogen-bond donors (Lipinski definition) is 1. The first-order valence-electron chi connectivity index (χ1n) is 5.93. The molecule has 1 aromatic heterocycles. The number of pyridine rings is 1. The Balaban J connectivity index is 2.30. The van der Waals surface area contributed by atoms with E-state index < -0.39 is 0 Å². The van der Waals surface area contributed by atoms with Crippen LogP contribution in [0.4, 0.5) is 0 Å². The van der Waals surface area contributed by atoms with Crippen LogP contribution in [-0.2, 0) is 0 Å². The van der Waals surface area contributed by atoms with Crippen molar-refractivity contribution >= 4 is 10.9 Å². The average Bonchev–Trinajstić information content (AvgIpc) is 2.39. The molecule has 0 radical (unpaired) electrons. The first-order chi connectivity index (χ1) is 8.74. The van der Waals surface area contributed by atoms with Crippen molar-refractivity contribution in [2.45, 2.75) is 6.92 Å². The van der Waals surface area contributed by atoms with Crippen molar-refractivity contribution in [1.29, 1.82) is 0 Å². The van der Waals surface area contributed by atoms with Gasteiger partial charge in [0.2, 0.25) is 0 Å². The Hall–Kier alpha value is -2.35. The third kappa shape index (κ3) is 1.82. The van der Waals surface area contributed by atoms with E-state index in [0.717, 1.165) is 27.7 Å². The van der Waals surface area contributed by atoms with Gasteiger partial charge >= 0.3 is 0 Å². The molecule has 0 saturated heterocycles. The van der Waals surface area contributed by atoms with E-state index >= 15 is 0 Å². The van der Waals surface area contributed by atoms with Gasteiger partial charge in [0.05, 0.1) is 0 Å². The van der Waals surface area contributed by atoms with Gasteiger partial charge in [0.1, 0.15) is 0 Å². The van der Waals surface area contributed by atoms with Crippen molar-refractivity contribution in [3.63, 3.8) is 0 Å². The normalized spacial score (nSPS) is 10.7. The molecule has 2 aromatic carbocycles. The molecule has 0 aliphatic rings. The second-order valence-electron chi connectivity index (χ2n) is 4.46. The van der Waals surface area contributed by atoms with Gasteiger partial charge in [-0.1, -0.05) is 36.4 Å². The van der Waals surface area contributed by atoms with Gasteiger partial charge in [0, 0.05) is 22.7 Å². The Morgan fingerprint density at radius 2 is 1.72 bits per heavy atom. The Morgan fingerprint density at radius 1 is 0.944 bits per heavy atom. The zero-order chi connectivity index (χ0) is 12.5. The van der Waals surface area contributed by atoms with Crippen LogP contribution in [0.3, 0.4) is 0 Å². The van der Waals surface area contributed by atoms with Crippen molar-refractivity contribution in [2.24, 2.45) is 0 Å². The standard InChI is InChI=1S/C16H13NO/c1-11-7-8-13-15(9-11)17-14(10-16(13)18)12-5-3-2-4-6-12/h2-10H,1H3,(H,17,18). The van der Waals surface area contributed by atoms with E-state index in [1.165, 1.54) is 0 Å². The Labute approximate surface area is 105 Å². The van der Waals surface area contributed by atoms with Gasteiger partial charge < -0.3 is 4.98 Å². The summed E-state index contributed by atoms with van der Waals surface area (Å²) in [5.74, 6) is 0. The molecule has 0 amide bonds. The topological polar surface area (TPSA) is 32.9 Å². The smallest absolute Gasteiger partial charge is 0.190 e. The molecule has 88 valence electrons. The summed E-state index contributed by atoms with van der Waals surface area (Å²) in [5, 5.41) is 0.736. The minimum atomic E-state index is 0.0580. The molecule has 2 nitrogen and oxygen atoms in total. The molecule has 0 atom stereocenters. The van der Waals surface area contributed by atoms with E-state index in [2.05, 4.69) is 4.98 Å². The second kappa shape index (κ2) is 4.15. The van der Waals surface area contributed by atoms with Crippen molar-refractivity contribution < 1.29 is 0 Å². The Kier molecular flexibility index (Phi) is 2.49. The summed E-state index contributed by atoms with van der Waals surface area (Å²) in [5.41, 5.74) is 3.98. The van der Waals surface area contributed by atoms with Gasteiger partial charge in [0.15, 0.2) is 5.43 Å². The molecular weight excluding hydrogens is 222 g/mol. The van der Waals surface area contributed by atoms with Crippen LogP contribution in [0.5, 0.6) is 0 Å². The summed E-state index contributed by atoms with van der Waals surface area (Å²) in [6.45, 7) is 2.02. The number of fused-ring (bicyclic) bond motifs is 1. The summed E-state index contributed by atoms with van der Waals surface area (Å²) >= 11 is 0. The van der Waals surface area contributed by atoms with Gasteiger partial charge in [-0.3, -0.25) is 4.79 Å². The SMILES string of the molecule is Cc1ccc2c(=O)cc(-c3ccccc3)[nH]c2c1. The van der Waals surface area contributed by atoms with E-state index in [1.807, 2.05) is 55.5 Å². The predicted molar refractivity (Wildman–Crippen MR) is 74.7 cm³/mol. The van der Waals surface area contributed by atoms with Crippen LogP contribution in [0.1, 0.15) is 5.56 Å². The summed E-state index contributed by atoms with van der Waals surface area (Å²) in [7, 11) is 0. The highest BCUT2D eigenvalue weighted by atomic mass is 16.1. The number of aromatic amines is 1. The van der Waals surface area contributed by atoms with E-state index in [4.69, 9.17) is 0 Å². The van der Waals surface area contributed by atoms with Gasteiger partial charge in [-0.2, -0.15) is 0 Å². The highest BCUT2D eigenvalue weighted by Crippen LogP contribution is 2.18. The molecule has 0 aliphatic carbocycles. The minimum absolute atomic E-state index is 0.0580. The van der Waals surface area contributed by atoms with Crippen molar-refractivity contribution in [1.82, 2.24) is 4.98 Å². The molecule has 3 aromatic rings. The molecule has 0 aliphatic heterocycles. The third-order valence-corrected chi connectivity index (χ3v) is 3.07. The highest BCUT2D eigenvalue weighted by molar-refractivity contribution is 5.81. The Bertz CT molecular complexity index is 757. The number of benzene rings is 2. The zero-order valence-corrected chi connectivity index (χ0v) is 10.1. The lowest BCUT2D eigenvalue weighted by Crippen LogP contribution is -2.02. The van der Waals surface area contributed by atoms with Gasteiger partial charge in [-0.05, 0) is 30.2 Å². The molecule has 3 rings (SSSR count). The molecule has 2 heteroatoms. The predicted octanol–water partition coefficient (Wildman–Crippen LogP) is 3.50. The molecular formula is C16H13NO. The van der Waals surface area contributed by atoms with E-state index in [0.29, 0.717) is 0 Å². The number of aryl methyl sites for hydroxylation is 1. The molecule has 0 fully saturated rings. The fourth-order valence-corrected chi connectivity index (χ4v) is 2.14. The fourth-order valence-electron chi connectivity index (χ4n) is 2.14. The number of nitrogens with one attached hydrogen (secondary N) is 1. The summed E-state index contributed by atoms with van der Waals surface area (Å²) in [6, 6.07) is 17.4. The number of hydrogen-bond acceptors (Lipinski definition) is 1. The Morgan fingerprint density at radius 3 is 2.50 bits per heavy atom. The highest BCUT2D eigenvalue weighted by Gasteiger charge is 2.03. The molecule has 0 bridgehead atoms. The van der Waals surface area contributed by atoms with Crippen LogP contribution in [0.25, 0.3) is 22.2 Å². The van der Waals surface area contributed by atoms with E-state index in [9.17, 15) is 4.79 Å². The maximum atomic E-state index is 12.1. The van der Waals surface area contributed by atoms with Crippen LogP contribution < -0.4 is 5.43 Å². The van der Waals surface area contributed by atoms with Crippen molar-refractivity contribution in [2.75, 3.05) is 0 Å². The largest absolute Gasteiger partial charge is 0.354 e. The number of aromatic nitrogens is 1. The van der Waals surface area contributed by atoms with Crippen LogP contribution in [0.2, 0.25) is 0 Å². The second-order valence-corrected chi connectivity index (χ2v) is 4.46. The fraction of sp³-hybridized carbons (Fsp3) is 0.0625. The third-order valence-electron chi connectivity index (χ3n) is 3.07. The van der Waals surface area contributed by atoms with Crippen LogP contribution in [0, 0.1) is 6.92 Å². The zero-order valence-electron chi connectivity index (χ0n) is 10.1. The lowest BCUT2D eigenvalue weighted by Gasteiger charge is -2.05. The summed E-state index contributed by atoms with van der Waals surface area (Å²) in [4.78, 5) is 15.4. The van der Waals surface area contributed by atoms with E-state index in [-0.39, 0.29) is 5.43 Å². The first kappa shape index (κ1) is 10.8. The average molecular weight is 235 g/mol. The van der Waals surface area contributed by atoms with Gasteiger partial charge in [-0.25, -0.2) is 0 Å². The summed E-state index contributed by atoms with van der Waals surface area (Å²) in [6.07, 6.45) is 0. The molecule has 18 heavy (non-hydrogen) atoms. The van der Waals surface area contributed by atoms with Crippen molar-refractivity contribution in [3.8, 4) is 11.3 Å². The van der Waals surface area contributed by atoms with Gasteiger partial charge in [-0.15, -0.1) is 0 Å². The number of rotatable bonds is 1. The van der Waals surface area contributed by atoms with Crippen LogP contribution >= 0.6 is 0 Å². The van der Waals surface area contributed by atoms with E-state index in [1.54, 1.807) is 6.07 Å². The monoisotopic (exact) mass is 235 g/mol. The van der Waals surface area contributed by atoms with Gasteiger partial charge in [0.25, 0.3) is 0 Å². The maximum absolute atomic E-state index is 12.1. The molecule has 0 unspecified atom stereocenters. The first-order valence-corrected chi connectivity index (χ1v) is 5.93. The van der Waals surface area contributed by atoms with Crippen LogP contribution in [-0.4, -0.2) is 4.98 Å². The molecule has 0 saturated carbocycles. The lowest BCUT2D eigenvalue weighted by atomic mass is 10.1. The molecule has 1 heterocycles. The molecule has 0 spiro atoms. The minimum Gasteiger partial charge on any atom is -0.354 e.